The van der Waals surface area contributed by atoms with Crippen molar-refractivity contribution in [1.29, 1.82) is 0 Å². The predicted octanol–water partition coefficient (Wildman–Crippen LogP) is 3.80. The van der Waals surface area contributed by atoms with Gasteiger partial charge in [-0.2, -0.15) is 5.10 Å². The highest BCUT2D eigenvalue weighted by atomic mass is 19.1. The number of aromatic amines is 1. The molecule has 10 nitrogen and oxygen atoms in total. The molecule has 38 heavy (non-hydrogen) atoms. The van der Waals surface area contributed by atoms with Gasteiger partial charge in [-0.15, -0.1) is 0 Å². The molecule has 2 aromatic carbocycles. The van der Waals surface area contributed by atoms with Gasteiger partial charge in [-0.05, 0) is 36.4 Å². The van der Waals surface area contributed by atoms with Crippen molar-refractivity contribution in [3.8, 4) is 11.3 Å². The first-order valence-corrected chi connectivity index (χ1v) is 12.3. The van der Waals surface area contributed by atoms with E-state index < -0.39 is 0 Å². The number of halogens is 1. The van der Waals surface area contributed by atoms with Crippen molar-refractivity contribution in [2.24, 2.45) is 0 Å². The molecule has 3 N–H and O–H groups in total. The molecule has 1 aliphatic heterocycles. The summed E-state index contributed by atoms with van der Waals surface area (Å²) in [5.41, 5.74) is 4.35. The zero-order valence-corrected chi connectivity index (χ0v) is 21.1. The number of H-pyrrole nitrogens is 1. The highest BCUT2D eigenvalue weighted by molar-refractivity contribution is 5.99. The van der Waals surface area contributed by atoms with Crippen LogP contribution in [0.4, 0.5) is 27.4 Å². The Morgan fingerprint density at radius 3 is 2.79 bits per heavy atom. The second-order valence-corrected chi connectivity index (χ2v) is 8.91. The van der Waals surface area contributed by atoms with Gasteiger partial charge < -0.3 is 20.3 Å². The largest absolute Gasteiger partial charge is 0.383 e. The molecule has 0 spiro atoms. The molecule has 2 aromatic heterocycles. The van der Waals surface area contributed by atoms with Crippen LogP contribution in [0.2, 0.25) is 0 Å². The quantitative estimate of drug-likeness (QED) is 0.288. The van der Waals surface area contributed by atoms with Crippen LogP contribution in [-0.4, -0.2) is 77.4 Å². The zero-order valence-electron chi connectivity index (χ0n) is 21.1. The number of nitrogens with zero attached hydrogens (tertiary/aromatic N) is 5. The van der Waals surface area contributed by atoms with E-state index in [1.807, 2.05) is 18.2 Å². The topological polar surface area (TPSA) is 111 Å². The first-order valence-electron chi connectivity index (χ1n) is 12.3. The number of anilines is 4. The van der Waals surface area contributed by atoms with Gasteiger partial charge in [0, 0.05) is 56.8 Å². The van der Waals surface area contributed by atoms with Crippen LogP contribution in [0.5, 0.6) is 0 Å². The summed E-state index contributed by atoms with van der Waals surface area (Å²) in [5.74, 6) is -0.288. The average molecular weight is 517 g/mol. The molecule has 0 unspecified atom stereocenters. The summed E-state index contributed by atoms with van der Waals surface area (Å²) >= 11 is 0. The highest BCUT2D eigenvalue weighted by Crippen LogP contribution is 2.29. The molecular formula is C27H29FN8O2. The summed E-state index contributed by atoms with van der Waals surface area (Å²) < 4.78 is 20.2. The van der Waals surface area contributed by atoms with E-state index >= 15 is 4.39 Å². The van der Waals surface area contributed by atoms with E-state index in [4.69, 9.17) is 4.74 Å². The maximum absolute atomic E-state index is 15.1. The summed E-state index contributed by atoms with van der Waals surface area (Å²) in [6, 6.07) is 12.3. The van der Waals surface area contributed by atoms with Crippen LogP contribution < -0.4 is 15.5 Å². The molecule has 1 aliphatic rings. The second-order valence-electron chi connectivity index (χ2n) is 8.91. The van der Waals surface area contributed by atoms with Gasteiger partial charge in [0.05, 0.1) is 18.5 Å². The number of carbonyl (C=O) groups is 1. The molecule has 3 heterocycles. The van der Waals surface area contributed by atoms with Crippen molar-refractivity contribution in [2.75, 3.05) is 62.0 Å². The van der Waals surface area contributed by atoms with Gasteiger partial charge in [-0.3, -0.25) is 14.8 Å². The number of carbonyl (C=O) groups excluding carboxylic acids is 1. The molecule has 4 aromatic rings. The minimum Gasteiger partial charge on any atom is -0.383 e. The lowest BCUT2D eigenvalue weighted by Gasteiger charge is -2.36. The molecule has 0 aliphatic carbocycles. The minimum absolute atomic E-state index is 0.301. The summed E-state index contributed by atoms with van der Waals surface area (Å²) in [7, 11) is 1.70. The number of rotatable bonds is 9. The number of ether oxygens (including phenoxy) is 1. The Bertz CT molecular complexity index is 1450. The van der Waals surface area contributed by atoms with E-state index in [0.717, 1.165) is 38.3 Å². The zero-order chi connectivity index (χ0) is 26.5. The van der Waals surface area contributed by atoms with Gasteiger partial charge in [0.15, 0.2) is 0 Å². The monoisotopic (exact) mass is 516 g/mol. The number of methoxy groups -OCH3 is 1. The Labute approximate surface area is 219 Å². The lowest BCUT2D eigenvalue weighted by molar-refractivity contribution is -0.111. The van der Waals surface area contributed by atoms with E-state index in [9.17, 15) is 4.79 Å². The molecule has 0 bridgehead atoms. The van der Waals surface area contributed by atoms with E-state index in [1.54, 1.807) is 31.5 Å². The number of nitrogens with one attached hydrogen (secondary N) is 3. The maximum Gasteiger partial charge on any atom is 0.247 e. The summed E-state index contributed by atoms with van der Waals surface area (Å²) in [6.07, 6.45) is 2.83. The number of amides is 1. The van der Waals surface area contributed by atoms with Crippen LogP contribution in [0, 0.1) is 5.82 Å². The van der Waals surface area contributed by atoms with Crippen LogP contribution >= 0.6 is 0 Å². The third-order valence-corrected chi connectivity index (χ3v) is 6.42. The van der Waals surface area contributed by atoms with Gasteiger partial charge in [0.2, 0.25) is 11.9 Å². The van der Waals surface area contributed by atoms with Crippen LogP contribution in [0.15, 0.2) is 61.3 Å². The normalized spacial score (nSPS) is 14.0. The van der Waals surface area contributed by atoms with Gasteiger partial charge in [0.25, 0.3) is 0 Å². The third kappa shape index (κ3) is 5.63. The van der Waals surface area contributed by atoms with Gasteiger partial charge in [-0.1, -0.05) is 18.7 Å². The molecular weight excluding hydrogens is 487 g/mol. The predicted molar refractivity (Wildman–Crippen MR) is 146 cm³/mol. The van der Waals surface area contributed by atoms with Crippen LogP contribution in [0.1, 0.15) is 0 Å². The van der Waals surface area contributed by atoms with Crippen molar-refractivity contribution in [1.82, 2.24) is 25.1 Å². The summed E-state index contributed by atoms with van der Waals surface area (Å²) in [6.45, 7) is 8.31. The fourth-order valence-corrected chi connectivity index (χ4v) is 4.42. The van der Waals surface area contributed by atoms with Gasteiger partial charge in [-0.25, -0.2) is 14.4 Å². The molecule has 1 saturated heterocycles. The van der Waals surface area contributed by atoms with Crippen molar-refractivity contribution < 1.29 is 13.9 Å². The Morgan fingerprint density at radius 1 is 1.18 bits per heavy atom. The number of benzene rings is 2. The second kappa shape index (κ2) is 11.4. The molecule has 0 atom stereocenters. The smallest absolute Gasteiger partial charge is 0.247 e. The first-order chi connectivity index (χ1) is 18.5. The fourth-order valence-electron chi connectivity index (χ4n) is 4.42. The number of piperazine rings is 1. The van der Waals surface area contributed by atoms with Gasteiger partial charge >= 0.3 is 0 Å². The Balaban J connectivity index is 1.31. The van der Waals surface area contributed by atoms with Crippen molar-refractivity contribution in [2.45, 2.75) is 0 Å². The fraction of sp³-hybridized carbons (Fsp3) is 0.259. The third-order valence-electron chi connectivity index (χ3n) is 6.42. The van der Waals surface area contributed by atoms with Crippen LogP contribution in [0.3, 0.4) is 0 Å². The van der Waals surface area contributed by atoms with Crippen molar-refractivity contribution >= 4 is 40.0 Å². The number of aromatic nitrogens is 4. The minimum atomic E-state index is -0.302. The molecule has 1 amide bonds. The SMILES string of the molecule is C=CC(=O)Nc1cccc(-c2n[nH]c3cnc(Nc4ccc(N5CCN(CCOC)CC5)c(F)c4)nc23)c1. The van der Waals surface area contributed by atoms with E-state index in [0.29, 0.717) is 46.3 Å². The van der Waals surface area contributed by atoms with Crippen molar-refractivity contribution in [3.63, 3.8) is 0 Å². The number of hydrogen-bond acceptors (Lipinski definition) is 8. The molecule has 196 valence electrons. The number of fused-ring (bicyclic) bond motifs is 1. The first kappa shape index (κ1) is 25.3. The van der Waals surface area contributed by atoms with Crippen LogP contribution in [0.25, 0.3) is 22.3 Å². The standard InChI is InChI=1S/C27H29FN8O2/c1-3-24(37)30-19-6-4-5-18(15-19)25-26-22(33-34-25)17-29-27(32-26)31-20-7-8-23(21(28)16-20)36-11-9-35(10-12-36)13-14-38-2/h3-8,15-17H,1,9-14H2,2H3,(H,30,37)(H,33,34)(H,29,31,32). The van der Waals surface area contributed by atoms with E-state index in [-0.39, 0.29) is 11.7 Å². The van der Waals surface area contributed by atoms with E-state index in [1.165, 1.54) is 12.1 Å². The Morgan fingerprint density at radius 2 is 2.03 bits per heavy atom. The molecule has 1 fully saturated rings. The Hall–Kier alpha value is -4.35. The lowest BCUT2D eigenvalue weighted by Crippen LogP contribution is -2.47. The molecule has 0 radical (unpaired) electrons. The summed E-state index contributed by atoms with van der Waals surface area (Å²) in [4.78, 5) is 25.0. The molecule has 11 heteroatoms. The maximum atomic E-state index is 15.1. The number of hydrogen-bond donors (Lipinski definition) is 3. The van der Waals surface area contributed by atoms with E-state index in [2.05, 4.69) is 47.2 Å². The summed E-state index contributed by atoms with van der Waals surface area (Å²) in [5, 5.41) is 13.2. The molecule has 0 saturated carbocycles. The average Bonchev–Trinajstić information content (AvgIpc) is 3.36. The lowest BCUT2D eigenvalue weighted by atomic mass is 10.1. The van der Waals surface area contributed by atoms with Gasteiger partial charge in [0.1, 0.15) is 22.5 Å². The highest BCUT2D eigenvalue weighted by Gasteiger charge is 2.20. The molecule has 5 rings (SSSR count). The van der Waals surface area contributed by atoms with Crippen LogP contribution in [-0.2, 0) is 9.53 Å². The Kier molecular flexibility index (Phi) is 7.57. The van der Waals surface area contributed by atoms with Crippen molar-refractivity contribution in [3.05, 3.63) is 67.1 Å².